The molecule has 7 heteroatoms. The number of rotatable bonds is 5. The second-order valence-electron chi connectivity index (χ2n) is 8.47. The molecule has 0 bridgehead atoms. The Bertz CT molecular complexity index is 803. The molecule has 152 valence electrons. The van der Waals surface area contributed by atoms with Gasteiger partial charge in [0, 0.05) is 23.2 Å². The number of benzene rings is 1. The van der Waals surface area contributed by atoms with Gasteiger partial charge in [0.2, 0.25) is 11.8 Å². The van der Waals surface area contributed by atoms with Crippen molar-refractivity contribution in [2.24, 2.45) is 0 Å². The highest BCUT2D eigenvalue weighted by atomic mass is 16.7. The lowest BCUT2D eigenvalue weighted by atomic mass is 9.82. The van der Waals surface area contributed by atoms with Crippen LogP contribution in [0.5, 0.6) is 11.8 Å². The van der Waals surface area contributed by atoms with Gasteiger partial charge in [0.15, 0.2) is 0 Å². The zero-order valence-electron chi connectivity index (χ0n) is 16.8. The van der Waals surface area contributed by atoms with Crippen molar-refractivity contribution in [2.45, 2.75) is 64.6 Å². The summed E-state index contributed by atoms with van der Waals surface area (Å²) in [6.45, 7) is 9.18. The maximum absolute atomic E-state index is 12.2. The van der Waals surface area contributed by atoms with E-state index in [0.717, 1.165) is 18.4 Å². The summed E-state index contributed by atoms with van der Waals surface area (Å²) in [6, 6.07) is 9.32. The minimum Gasteiger partial charge on any atom is -0.492 e. The zero-order chi connectivity index (χ0) is 20.5. The summed E-state index contributed by atoms with van der Waals surface area (Å²) in [6.07, 6.45) is 3.35. The van der Waals surface area contributed by atoms with E-state index in [9.17, 15) is 15.0 Å². The SMILES string of the molecule is CC1(C)CCCC(C)(C)N1OCc1ccc(C(=O)On2c(O)ccc2O)cc1. The highest BCUT2D eigenvalue weighted by molar-refractivity contribution is 5.89. The van der Waals surface area contributed by atoms with Crippen LogP contribution in [-0.2, 0) is 11.4 Å². The quantitative estimate of drug-likeness (QED) is 0.814. The van der Waals surface area contributed by atoms with Gasteiger partial charge in [0.05, 0.1) is 12.2 Å². The molecule has 0 radical (unpaired) electrons. The predicted molar refractivity (Wildman–Crippen MR) is 104 cm³/mol. The fourth-order valence-corrected chi connectivity index (χ4v) is 3.83. The van der Waals surface area contributed by atoms with Crippen LogP contribution in [0.25, 0.3) is 0 Å². The number of hydrogen-bond acceptors (Lipinski definition) is 6. The smallest absolute Gasteiger partial charge is 0.363 e. The Labute approximate surface area is 165 Å². The van der Waals surface area contributed by atoms with Gasteiger partial charge in [0.1, 0.15) is 0 Å². The van der Waals surface area contributed by atoms with Crippen LogP contribution in [0, 0.1) is 0 Å². The molecule has 0 atom stereocenters. The van der Waals surface area contributed by atoms with Crippen LogP contribution >= 0.6 is 0 Å². The maximum Gasteiger partial charge on any atom is 0.363 e. The monoisotopic (exact) mass is 388 g/mol. The number of nitrogens with zero attached hydrogens (tertiary/aromatic N) is 2. The first-order valence-corrected chi connectivity index (χ1v) is 9.45. The molecule has 28 heavy (non-hydrogen) atoms. The molecule has 1 aromatic carbocycles. The maximum atomic E-state index is 12.2. The molecule has 0 unspecified atom stereocenters. The lowest BCUT2D eigenvalue weighted by Crippen LogP contribution is -2.58. The van der Waals surface area contributed by atoms with Crippen molar-refractivity contribution in [1.29, 1.82) is 0 Å². The van der Waals surface area contributed by atoms with Gasteiger partial charge in [-0.05, 0) is 64.7 Å². The van der Waals surface area contributed by atoms with Crippen molar-refractivity contribution < 1.29 is 24.7 Å². The topological polar surface area (TPSA) is 84.2 Å². The van der Waals surface area contributed by atoms with E-state index in [0.29, 0.717) is 16.9 Å². The van der Waals surface area contributed by atoms with Crippen molar-refractivity contribution in [3.63, 3.8) is 0 Å². The Balaban J connectivity index is 1.64. The van der Waals surface area contributed by atoms with E-state index in [4.69, 9.17) is 9.68 Å². The van der Waals surface area contributed by atoms with Gasteiger partial charge in [-0.25, -0.2) is 4.79 Å². The van der Waals surface area contributed by atoms with E-state index in [1.807, 2.05) is 0 Å². The summed E-state index contributed by atoms with van der Waals surface area (Å²) in [5, 5.41) is 21.2. The number of carbonyl (C=O) groups is 1. The highest BCUT2D eigenvalue weighted by Gasteiger charge is 2.42. The van der Waals surface area contributed by atoms with Crippen molar-refractivity contribution in [3.8, 4) is 11.8 Å². The molecular weight excluding hydrogens is 360 g/mol. The Kier molecular flexibility index (Phi) is 5.41. The zero-order valence-corrected chi connectivity index (χ0v) is 16.8. The van der Waals surface area contributed by atoms with E-state index in [2.05, 4.69) is 32.8 Å². The van der Waals surface area contributed by atoms with Crippen molar-refractivity contribution in [3.05, 3.63) is 47.5 Å². The molecule has 3 rings (SSSR count). The van der Waals surface area contributed by atoms with E-state index in [1.165, 1.54) is 18.6 Å². The molecule has 2 N–H and O–H groups in total. The Hall–Kier alpha value is -2.51. The van der Waals surface area contributed by atoms with Crippen LogP contribution in [0.15, 0.2) is 36.4 Å². The van der Waals surface area contributed by atoms with Gasteiger partial charge < -0.3 is 15.1 Å². The molecule has 1 aliphatic heterocycles. The van der Waals surface area contributed by atoms with Crippen LogP contribution in [0.2, 0.25) is 0 Å². The van der Waals surface area contributed by atoms with Crippen molar-refractivity contribution >= 4 is 5.97 Å². The molecule has 1 aliphatic rings. The summed E-state index contributed by atoms with van der Waals surface area (Å²) in [7, 11) is 0. The second-order valence-corrected chi connectivity index (χ2v) is 8.47. The van der Waals surface area contributed by atoms with Crippen LogP contribution in [0.4, 0.5) is 0 Å². The number of piperidine rings is 1. The number of aromatic nitrogens is 1. The van der Waals surface area contributed by atoms with Gasteiger partial charge in [-0.15, -0.1) is 4.73 Å². The summed E-state index contributed by atoms with van der Waals surface area (Å²) < 4.78 is 0.667. The molecule has 0 saturated carbocycles. The van der Waals surface area contributed by atoms with E-state index >= 15 is 0 Å². The third-order valence-corrected chi connectivity index (χ3v) is 5.20. The van der Waals surface area contributed by atoms with Crippen molar-refractivity contribution in [1.82, 2.24) is 9.79 Å². The number of aromatic hydroxyl groups is 2. The van der Waals surface area contributed by atoms with Crippen LogP contribution in [0.1, 0.15) is 62.9 Å². The standard InChI is InChI=1S/C21H28N2O5/c1-20(2)12-5-13-21(3,4)23(20)27-14-15-6-8-16(9-7-15)19(26)28-22-17(24)10-11-18(22)25/h6-11,24-25H,5,12-14H2,1-4H3. The first kappa shape index (κ1) is 20.2. The molecule has 2 aromatic rings. The Morgan fingerprint density at radius 1 is 0.964 bits per heavy atom. The summed E-state index contributed by atoms with van der Waals surface area (Å²) >= 11 is 0. The first-order valence-electron chi connectivity index (χ1n) is 9.45. The van der Waals surface area contributed by atoms with E-state index in [1.54, 1.807) is 24.3 Å². The third-order valence-electron chi connectivity index (χ3n) is 5.20. The van der Waals surface area contributed by atoms with Gasteiger partial charge >= 0.3 is 5.97 Å². The number of hydroxylamine groups is 2. The van der Waals surface area contributed by atoms with Gasteiger partial charge in [-0.2, -0.15) is 5.06 Å². The van der Waals surface area contributed by atoms with Gasteiger partial charge in [-0.3, -0.25) is 4.84 Å². The average molecular weight is 388 g/mol. The van der Waals surface area contributed by atoms with Gasteiger partial charge in [-0.1, -0.05) is 12.1 Å². The normalized spacial score (nSPS) is 18.7. The summed E-state index contributed by atoms with van der Waals surface area (Å²) in [5.41, 5.74) is 1.16. The minimum atomic E-state index is -0.687. The molecule has 1 saturated heterocycles. The second kappa shape index (κ2) is 7.48. The molecule has 7 nitrogen and oxygen atoms in total. The molecule has 0 spiro atoms. The Morgan fingerprint density at radius 2 is 1.50 bits per heavy atom. The van der Waals surface area contributed by atoms with E-state index in [-0.39, 0.29) is 22.8 Å². The lowest BCUT2D eigenvalue weighted by Gasteiger charge is -2.51. The predicted octanol–water partition coefficient (Wildman–Crippen LogP) is 3.64. The molecule has 0 amide bonds. The largest absolute Gasteiger partial charge is 0.492 e. The van der Waals surface area contributed by atoms with Crippen LogP contribution < -0.4 is 4.84 Å². The number of hydrogen-bond donors (Lipinski definition) is 2. The molecule has 1 aromatic heterocycles. The van der Waals surface area contributed by atoms with Crippen LogP contribution in [0.3, 0.4) is 0 Å². The van der Waals surface area contributed by atoms with Crippen molar-refractivity contribution in [2.75, 3.05) is 0 Å². The highest BCUT2D eigenvalue weighted by Crippen LogP contribution is 2.38. The fraction of sp³-hybridized carbons (Fsp3) is 0.476. The molecule has 0 aliphatic carbocycles. The fourth-order valence-electron chi connectivity index (χ4n) is 3.83. The van der Waals surface area contributed by atoms with Crippen LogP contribution in [-0.4, -0.2) is 37.1 Å². The Morgan fingerprint density at radius 3 is 2.04 bits per heavy atom. The third kappa shape index (κ3) is 4.15. The minimum absolute atomic E-state index is 0.0355. The average Bonchev–Trinajstić information content (AvgIpc) is 2.92. The summed E-state index contributed by atoms with van der Waals surface area (Å²) in [5.74, 6) is -1.40. The number of carbonyl (C=O) groups excluding carboxylic acids is 1. The lowest BCUT2D eigenvalue weighted by molar-refractivity contribution is -0.288. The first-order chi connectivity index (χ1) is 13.1. The molecule has 1 fully saturated rings. The van der Waals surface area contributed by atoms with Gasteiger partial charge in [0.25, 0.3) is 0 Å². The molecular formula is C21H28N2O5. The molecule has 2 heterocycles. The van der Waals surface area contributed by atoms with E-state index < -0.39 is 5.97 Å². The summed E-state index contributed by atoms with van der Waals surface area (Å²) in [4.78, 5) is 23.4.